The van der Waals surface area contributed by atoms with Gasteiger partial charge < -0.3 is 5.73 Å². The summed E-state index contributed by atoms with van der Waals surface area (Å²) in [6, 6.07) is 8.27. The lowest BCUT2D eigenvalue weighted by atomic mass is 10.0. The molecule has 1 aromatic heterocycles. The molecule has 1 heterocycles. The second-order valence-electron chi connectivity index (χ2n) is 4.73. The molecule has 0 fully saturated rings. The fraction of sp³-hybridized carbons (Fsp3) is 0.500. The van der Waals surface area contributed by atoms with Crippen LogP contribution in [0.25, 0.3) is 0 Å². The average Bonchev–Trinajstić information content (AvgIpc) is 2.89. The summed E-state index contributed by atoms with van der Waals surface area (Å²) in [6.07, 6.45) is 2.12. The third kappa shape index (κ3) is 3.17. The van der Waals surface area contributed by atoms with Gasteiger partial charge in [-0.1, -0.05) is 38.1 Å². The van der Waals surface area contributed by atoms with E-state index in [4.69, 9.17) is 5.73 Å². The molecule has 2 N–H and O–H groups in total. The van der Waals surface area contributed by atoms with E-state index in [9.17, 15) is 0 Å². The standard InChI is InChI=1S/C14H21N5/c1-3-13(4-2)14-16-17-18-19(14)10-12-7-5-11(9-15)6-8-12/h5-8,13H,3-4,9-10,15H2,1-2H3. The van der Waals surface area contributed by atoms with Crippen molar-refractivity contribution in [3.63, 3.8) is 0 Å². The molecule has 0 saturated carbocycles. The summed E-state index contributed by atoms with van der Waals surface area (Å²) in [4.78, 5) is 0. The smallest absolute Gasteiger partial charge is 0.154 e. The number of tetrazole rings is 1. The molecule has 0 atom stereocenters. The van der Waals surface area contributed by atoms with Gasteiger partial charge in [-0.15, -0.1) is 5.10 Å². The maximum Gasteiger partial charge on any atom is 0.154 e. The number of rotatable bonds is 6. The van der Waals surface area contributed by atoms with Crippen LogP contribution in [0.15, 0.2) is 24.3 Å². The lowest BCUT2D eigenvalue weighted by Crippen LogP contribution is -2.11. The van der Waals surface area contributed by atoms with E-state index in [-0.39, 0.29) is 0 Å². The third-order valence-corrected chi connectivity index (χ3v) is 3.50. The Kier molecular flexibility index (Phi) is 4.63. The van der Waals surface area contributed by atoms with E-state index in [2.05, 4.69) is 53.6 Å². The molecule has 2 rings (SSSR count). The summed E-state index contributed by atoms with van der Waals surface area (Å²) in [5.74, 6) is 1.41. The Morgan fingerprint density at radius 2 is 1.74 bits per heavy atom. The van der Waals surface area contributed by atoms with Gasteiger partial charge in [0.15, 0.2) is 5.82 Å². The first kappa shape index (κ1) is 13.7. The second kappa shape index (κ2) is 6.43. The van der Waals surface area contributed by atoms with Crippen molar-refractivity contribution >= 4 is 0 Å². The monoisotopic (exact) mass is 259 g/mol. The molecule has 0 bridgehead atoms. The molecule has 0 aliphatic carbocycles. The topological polar surface area (TPSA) is 69.6 Å². The van der Waals surface area contributed by atoms with Crippen LogP contribution >= 0.6 is 0 Å². The van der Waals surface area contributed by atoms with Crippen LogP contribution in [0.3, 0.4) is 0 Å². The van der Waals surface area contributed by atoms with Crippen molar-refractivity contribution in [3.8, 4) is 0 Å². The van der Waals surface area contributed by atoms with Crippen LogP contribution in [-0.4, -0.2) is 20.2 Å². The van der Waals surface area contributed by atoms with Crippen molar-refractivity contribution in [3.05, 3.63) is 41.2 Å². The van der Waals surface area contributed by atoms with Crippen molar-refractivity contribution in [2.24, 2.45) is 5.73 Å². The highest BCUT2D eigenvalue weighted by Crippen LogP contribution is 2.20. The van der Waals surface area contributed by atoms with E-state index in [1.54, 1.807) is 0 Å². The maximum atomic E-state index is 5.60. The van der Waals surface area contributed by atoms with Gasteiger partial charge in [-0.3, -0.25) is 0 Å². The number of aromatic nitrogens is 4. The van der Waals surface area contributed by atoms with Crippen molar-refractivity contribution in [1.82, 2.24) is 20.2 Å². The zero-order chi connectivity index (χ0) is 13.7. The van der Waals surface area contributed by atoms with E-state index < -0.39 is 0 Å². The highest BCUT2D eigenvalue weighted by Gasteiger charge is 2.15. The number of nitrogens with two attached hydrogens (primary N) is 1. The summed E-state index contributed by atoms with van der Waals surface area (Å²) in [5, 5.41) is 12.1. The van der Waals surface area contributed by atoms with Crippen LogP contribution in [0.4, 0.5) is 0 Å². The minimum atomic E-state index is 0.429. The van der Waals surface area contributed by atoms with Gasteiger partial charge in [-0.2, -0.15) is 0 Å². The first-order valence-corrected chi connectivity index (χ1v) is 6.82. The quantitative estimate of drug-likeness (QED) is 0.862. The van der Waals surface area contributed by atoms with Gasteiger partial charge in [-0.25, -0.2) is 4.68 Å². The molecule has 0 saturated heterocycles. The zero-order valence-corrected chi connectivity index (χ0v) is 11.6. The van der Waals surface area contributed by atoms with Crippen LogP contribution in [0.2, 0.25) is 0 Å². The normalized spacial score (nSPS) is 11.2. The molecule has 0 unspecified atom stereocenters. The number of hydrogen-bond acceptors (Lipinski definition) is 4. The van der Waals surface area contributed by atoms with Gasteiger partial charge in [-0.05, 0) is 34.4 Å². The van der Waals surface area contributed by atoms with Crippen molar-refractivity contribution in [2.45, 2.75) is 45.7 Å². The fourth-order valence-electron chi connectivity index (χ4n) is 2.22. The predicted octanol–water partition coefficient (Wildman–Crippen LogP) is 2.08. The second-order valence-corrected chi connectivity index (χ2v) is 4.73. The largest absolute Gasteiger partial charge is 0.326 e. The maximum absolute atomic E-state index is 5.60. The van der Waals surface area contributed by atoms with Crippen LogP contribution in [-0.2, 0) is 13.1 Å². The van der Waals surface area contributed by atoms with Gasteiger partial charge in [0.25, 0.3) is 0 Å². The van der Waals surface area contributed by atoms with Crippen molar-refractivity contribution < 1.29 is 0 Å². The molecule has 5 heteroatoms. The highest BCUT2D eigenvalue weighted by molar-refractivity contribution is 5.22. The van der Waals surface area contributed by atoms with Crippen LogP contribution in [0.1, 0.15) is 49.6 Å². The summed E-state index contributed by atoms with van der Waals surface area (Å²) >= 11 is 0. The molecule has 0 aliphatic rings. The molecule has 5 nitrogen and oxygen atoms in total. The zero-order valence-electron chi connectivity index (χ0n) is 11.6. The highest BCUT2D eigenvalue weighted by atomic mass is 15.5. The summed E-state index contributed by atoms with van der Waals surface area (Å²) in [6.45, 7) is 5.63. The van der Waals surface area contributed by atoms with Gasteiger partial charge in [0, 0.05) is 12.5 Å². The lowest BCUT2D eigenvalue weighted by molar-refractivity contribution is 0.536. The van der Waals surface area contributed by atoms with Gasteiger partial charge >= 0.3 is 0 Å². The van der Waals surface area contributed by atoms with Crippen LogP contribution in [0, 0.1) is 0 Å². The molecule has 102 valence electrons. The van der Waals surface area contributed by atoms with E-state index >= 15 is 0 Å². The molecular formula is C14H21N5. The first-order valence-electron chi connectivity index (χ1n) is 6.82. The van der Waals surface area contributed by atoms with Crippen LogP contribution < -0.4 is 5.73 Å². The summed E-state index contributed by atoms with van der Waals surface area (Å²) < 4.78 is 1.90. The van der Waals surface area contributed by atoms with E-state index in [1.807, 2.05) is 4.68 Å². The lowest BCUT2D eigenvalue weighted by Gasteiger charge is -2.12. The Labute approximate surface area is 113 Å². The van der Waals surface area contributed by atoms with Crippen molar-refractivity contribution in [2.75, 3.05) is 0 Å². The Balaban J connectivity index is 2.16. The Bertz CT molecular complexity index is 499. The molecule has 0 spiro atoms. The summed E-state index contributed by atoms with van der Waals surface area (Å²) in [7, 11) is 0. The van der Waals surface area contributed by atoms with Crippen LogP contribution in [0.5, 0.6) is 0 Å². The molecule has 0 radical (unpaired) electrons. The molecule has 0 amide bonds. The molecule has 1 aromatic carbocycles. The Morgan fingerprint density at radius 3 is 2.32 bits per heavy atom. The molecule has 2 aromatic rings. The third-order valence-electron chi connectivity index (χ3n) is 3.50. The number of benzene rings is 1. The van der Waals surface area contributed by atoms with Gasteiger partial charge in [0.1, 0.15) is 0 Å². The fourth-order valence-corrected chi connectivity index (χ4v) is 2.22. The van der Waals surface area contributed by atoms with E-state index in [1.165, 1.54) is 5.56 Å². The van der Waals surface area contributed by atoms with Gasteiger partial charge in [0.2, 0.25) is 0 Å². The number of nitrogens with zero attached hydrogens (tertiary/aromatic N) is 4. The molecular weight excluding hydrogens is 238 g/mol. The molecule has 0 aliphatic heterocycles. The van der Waals surface area contributed by atoms with E-state index in [0.717, 1.165) is 24.2 Å². The van der Waals surface area contributed by atoms with Crippen molar-refractivity contribution in [1.29, 1.82) is 0 Å². The average molecular weight is 259 g/mol. The molecule has 19 heavy (non-hydrogen) atoms. The first-order chi connectivity index (χ1) is 9.28. The minimum absolute atomic E-state index is 0.429. The number of hydrogen-bond donors (Lipinski definition) is 1. The summed E-state index contributed by atoms with van der Waals surface area (Å²) in [5.41, 5.74) is 7.93. The van der Waals surface area contributed by atoms with Gasteiger partial charge in [0.05, 0.1) is 6.54 Å². The predicted molar refractivity (Wildman–Crippen MR) is 74.6 cm³/mol. The Hall–Kier alpha value is -1.75. The van der Waals surface area contributed by atoms with E-state index in [0.29, 0.717) is 19.0 Å². The Morgan fingerprint density at radius 1 is 1.11 bits per heavy atom. The SMILES string of the molecule is CCC(CC)c1nnnn1Cc1ccc(CN)cc1. The minimum Gasteiger partial charge on any atom is -0.326 e.